The van der Waals surface area contributed by atoms with E-state index < -0.39 is 5.97 Å². The fourth-order valence-electron chi connectivity index (χ4n) is 1.21. The molecule has 1 aliphatic heterocycles. The molecular formula is C6H8O3. The molecule has 1 unspecified atom stereocenters. The van der Waals surface area contributed by atoms with Gasteiger partial charge in [-0.1, -0.05) is 0 Å². The highest BCUT2D eigenvalue weighted by Gasteiger charge is 2.52. The SMILES string of the molecule is O=C(O)[C@H]1C[C@@H]1C1CO1. The standard InChI is InChI=1S/C6H8O3/c7-6(8)4-1-3(4)5-2-9-5/h3-5H,1-2H2,(H,7,8)/t3-,4-,5?/m0/s1. The minimum absolute atomic E-state index is 0.0856. The zero-order valence-corrected chi connectivity index (χ0v) is 4.91. The lowest BCUT2D eigenvalue weighted by atomic mass is 10.2. The van der Waals surface area contributed by atoms with Crippen LogP contribution in [0, 0.1) is 11.8 Å². The Morgan fingerprint density at radius 1 is 1.67 bits per heavy atom. The second-order valence-corrected chi connectivity index (χ2v) is 2.72. The summed E-state index contributed by atoms with van der Waals surface area (Å²) in [5.74, 6) is -0.393. The van der Waals surface area contributed by atoms with Crippen LogP contribution in [-0.2, 0) is 9.53 Å². The van der Waals surface area contributed by atoms with E-state index in [2.05, 4.69) is 0 Å². The first-order chi connectivity index (χ1) is 4.29. The number of hydrogen-bond donors (Lipinski definition) is 1. The predicted octanol–water partition coefficient (Wildman–Crippen LogP) is 0.106. The molecule has 3 heteroatoms. The van der Waals surface area contributed by atoms with Crippen LogP contribution < -0.4 is 0 Å². The van der Waals surface area contributed by atoms with Gasteiger partial charge in [0, 0.05) is 5.92 Å². The first-order valence-corrected chi connectivity index (χ1v) is 3.13. The molecule has 2 fully saturated rings. The van der Waals surface area contributed by atoms with Gasteiger partial charge in [-0.3, -0.25) is 4.79 Å². The second-order valence-electron chi connectivity index (χ2n) is 2.72. The molecular weight excluding hydrogens is 120 g/mol. The largest absolute Gasteiger partial charge is 0.481 e. The minimum atomic E-state index is -0.657. The van der Waals surface area contributed by atoms with Crippen LogP contribution in [0.15, 0.2) is 0 Å². The van der Waals surface area contributed by atoms with Gasteiger partial charge >= 0.3 is 5.97 Å². The highest BCUT2D eigenvalue weighted by atomic mass is 16.6. The highest BCUT2D eigenvalue weighted by Crippen LogP contribution is 2.46. The normalized spacial score (nSPS) is 46.4. The topological polar surface area (TPSA) is 49.8 Å². The molecule has 3 nitrogen and oxygen atoms in total. The number of carboxylic acid groups (broad SMARTS) is 1. The molecule has 0 radical (unpaired) electrons. The van der Waals surface area contributed by atoms with E-state index in [0.29, 0.717) is 12.0 Å². The molecule has 1 heterocycles. The number of carboxylic acids is 1. The van der Waals surface area contributed by atoms with Gasteiger partial charge in [0.2, 0.25) is 0 Å². The van der Waals surface area contributed by atoms with Crippen LogP contribution in [0.3, 0.4) is 0 Å². The molecule has 0 aromatic heterocycles. The lowest BCUT2D eigenvalue weighted by molar-refractivity contribution is -0.138. The molecule has 0 spiro atoms. The summed E-state index contributed by atoms with van der Waals surface area (Å²) in [6.07, 6.45) is 1.13. The minimum Gasteiger partial charge on any atom is -0.481 e. The van der Waals surface area contributed by atoms with Gasteiger partial charge in [0.25, 0.3) is 0 Å². The van der Waals surface area contributed by atoms with Crippen LogP contribution in [0.5, 0.6) is 0 Å². The summed E-state index contributed by atoms with van der Waals surface area (Å²) >= 11 is 0. The van der Waals surface area contributed by atoms with Crippen LogP contribution >= 0.6 is 0 Å². The van der Waals surface area contributed by atoms with Gasteiger partial charge < -0.3 is 9.84 Å². The third-order valence-electron chi connectivity index (χ3n) is 1.99. The van der Waals surface area contributed by atoms with Crippen molar-refractivity contribution in [1.82, 2.24) is 0 Å². The number of aliphatic carboxylic acids is 1. The Bertz CT molecular complexity index is 150. The van der Waals surface area contributed by atoms with Crippen molar-refractivity contribution in [2.24, 2.45) is 11.8 Å². The Balaban J connectivity index is 1.87. The number of hydrogen-bond acceptors (Lipinski definition) is 2. The van der Waals surface area contributed by atoms with Crippen molar-refractivity contribution in [2.45, 2.75) is 12.5 Å². The van der Waals surface area contributed by atoms with Gasteiger partial charge in [-0.25, -0.2) is 0 Å². The van der Waals surface area contributed by atoms with E-state index >= 15 is 0 Å². The quantitative estimate of drug-likeness (QED) is 0.537. The molecule has 0 bridgehead atoms. The molecule has 2 aliphatic rings. The maximum absolute atomic E-state index is 10.2. The molecule has 1 N–H and O–H groups in total. The third kappa shape index (κ3) is 0.812. The fourth-order valence-corrected chi connectivity index (χ4v) is 1.21. The van der Waals surface area contributed by atoms with E-state index in [1.54, 1.807) is 0 Å². The molecule has 0 amide bonds. The molecule has 9 heavy (non-hydrogen) atoms. The third-order valence-corrected chi connectivity index (χ3v) is 1.99. The smallest absolute Gasteiger partial charge is 0.306 e. The molecule has 2 rings (SSSR count). The lowest BCUT2D eigenvalue weighted by Gasteiger charge is -1.85. The number of rotatable bonds is 2. The van der Waals surface area contributed by atoms with Gasteiger partial charge in [0.15, 0.2) is 0 Å². The molecule has 0 aromatic carbocycles. The molecule has 0 aromatic rings. The lowest BCUT2D eigenvalue weighted by Crippen LogP contribution is -2.02. The first kappa shape index (κ1) is 5.23. The monoisotopic (exact) mass is 128 g/mol. The van der Waals surface area contributed by atoms with Crippen molar-refractivity contribution in [3.8, 4) is 0 Å². The highest BCUT2D eigenvalue weighted by molar-refractivity contribution is 5.73. The van der Waals surface area contributed by atoms with Crippen molar-refractivity contribution < 1.29 is 14.6 Å². The Kier molecular flexibility index (Phi) is 0.858. The Morgan fingerprint density at radius 3 is 2.67 bits per heavy atom. The van der Waals surface area contributed by atoms with Gasteiger partial charge in [-0.05, 0) is 6.42 Å². The average Bonchev–Trinajstić information content (AvgIpc) is 2.60. The van der Waals surface area contributed by atoms with Crippen molar-refractivity contribution in [1.29, 1.82) is 0 Å². The van der Waals surface area contributed by atoms with Gasteiger partial charge in [-0.15, -0.1) is 0 Å². The van der Waals surface area contributed by atoms with Crippen molar-refractivity contribution in [2.75, 3.05) is 6.61 Å². The summed E-state index contributed by atoms with van der Waals surface area (Å²) in [4.78, 5) is 10.2. The number of ether oxygens (including phenoxy) is 1. The average molecular weight is 128 g/mol. The van der Waals surface area contributed by atoms with Crippen molar-refractivity contribution in [3.05, 3.63) is 0 Å². The van der Waals surface area contributed by atoms with E-state index in [-0.39, 0.29) is 5.92 Å². The van der Waals surface area contributed by atoms with E-state index in [4.69, 9.17) is 9.84 Å². The van der Waals surface area contributed by atoms with Crippen molar-refractivity contribution in [3.63, 3.8) is 0 Å². The van der Waals surface area contributed by atoms with E-state index in [9.17, 15) is 4.79 Å². The zero-order chi connectivity index (χ0) is 6.43. The summed E-state index contributed by atoms with van der Waals surface area (Å²) < 4.78 is 4.95. The van der Waals surface area contributed by atoms with Crippen LogP contribution in [0.25, 0.3) is 0 Å². The molecule has 1 saturated heterocycles. The van der Waals surface area contributed by atoms with E-state index in [1.165, 1.54) is 0 Å². The van der Waals surface area contributed by atoms with Gasteiger partial charge in [0.05, 0.1) is 18.6 Å². The van der Waals surface area contributed by atoms with Gasteiger partial charge in [-0.2, -0.15) is 0 Å². The predicted molar refractivity (Wildman–Crippen MR) is 29.0 cm³/mol. The van der Waals surface area contributed by atoms with Crippen LogP contribution in [0.2, 0.25) is 0 Å². The Hall–Kier alpha value is -0.570. The molecule has 1 aliphatic carbocycles. The molecule has 3 atom stereocenters. The summed E-state index contributed by atoms with van der Waals surface area (Å²) in [6.45, 7) is 0.786. The zero-order valence-electron chi connectivity index (χ0n) is 4.91. The maximum atomic E-state index is 10.2. The summed E-state index contributed by atoms with van der Waals surface area (Å²) in [5, 5.41) is 8.44. The van der Waals surface area contributed by atoms with Crippen LogP contribution in [0.4, 0.5) is 0 Å². The summed E-state index contributed by atoms with van der Waals surface area (Å²) in [5.41, 5.74) is 0. The second kappa shape index (κ2) is 1.48. The van der Waals surface area contributed by atoms with Crippen LogP contribution in [0.1, 0.15) is 6.42 Å². The maximum Gasteiger partial charge on any atom is 0.306 e. The van der Waals surface area contributed by atoms with Gasteiger partial charge in [0.1, 0.15) is 0 Å². The Morgan fingerprint density at radius 2 is 2.33 bits per heavy atom. The van der Waals surface area contributed by atoms with E-state index in [1.807, 2.05) is 0 Å². The Labute approximate surface area is 52.6 Å². The number of carbonyl (C=O) groups is 1. The van der Waals surface area contributed by atoms with Crippen molar-refractivity contribution >= 4 is 5.97 Å². The van der Waals surface area contributed by atoms with E-state index in [0.717, 1.165) is 13.0 Å². The molecule has 1 saturated carbocycles. The number of epoxide rings is 1. The summed E-state index contributed by atoms with van der Waals surface area (Å²) in [6, 6.07) is 0. The summed E-state index contributed by atoms with van der Waals surface area (Å²) in [7, 11) is 0. The molecule has 50 valence electrons. The fraction of sp³-hybridized carbons (Fsp3) is 0.833. The first-order valence-electron chi connectivity index (χ1n) is 3.13. The van der Waals surface area contributed by atoms with Crippen LogP contribution in [-0.4, -0.2) is 23.8 Å².